The number of hydrogen-bond donors (Lipinski definition) is 3. The Hall–Kier alpha value is -1.22. The van der Waals surface area contributed by atoms with Gasteiger partial charge in [0.1, 0.15) is 0 Å². The molecule has 2 rings (SSSR count). The van der Waals surface area contributed by atoms with Gasteiger partial charge in [-0.15, -0.1) is 0 Å². The highest BCUT2D eigenvalue weighted by Gasteiger charge is 2.24. The molecule has 1 heterocycles. The molecular weight excluding hydrogens is 176 g/mol. The van der Waals surface area contributed by atoms with Crippen LogP contribution in [0.4, 0.5) is 11.4 Å². The van der Waals surface area contributed by atoms with Gasteiger partial charge in [0.2, 0.25) is 0 Å². The van der Waals surface area contributed by atoms with E-state index in [0.29, 0.717) is 6.04 Å². The highest BCUT2D eigenvalue weighted by atomic mass is 16.3. The molecule has 1 aromatic rings. The van der Waals surface area contributed by atoms with Gasteiger partial charge in [-0.1, -0.05) is 6.92 Å². The number of hydrogen-bond acceptors (Lipinski definition) is 3. The molecule has 4 N–H and O–H groups in total. The van der Waals surface area contributed by atoms with E-state index in [1.54, 1.807) is 0 Å². The Labute approximate surface area is 83.9 Å². The summed E-state index contributed by atoms with van der Waals surface area (Å²) in [5.41, 5.74) is 8.93. The minimum atomic E-state index is 0.223. The first kappa shape index (κ1) is 9.34. The van der Waals surface area contributed by atoms with E-state index in [9.17, 15) is 0 Å². The van der Waals surface area contributed by atoms with E-state index in [1.807, 2.05) is 25.1 Å². The van der Waals surface area contributed by atoms with E-state index in [4.69, 9.17) is 10.8 Å². The average Bonchev–Trinajstić information content (AvgIpc) is 2.59. The number of rotatable bonds is 2. The van der Waals surface area contributed by atoms with Crippen molar-refractivity contribution in [3.05, 3.63) is 23.8 Å². The van der Waals surface area contributed by atoms with Crippen LogP contribution in [0.15, 0.2) is 18.2 Å². The summed E-state index contributed by atoms with van der Waals surface area (Å²) in [4.78, 5) is 0. The number of anilines is 2. The van der Waals surface area contributed by atoms with Gasteiger partial charge in [0, 0.05) is 24.0 Å². The Kier molecular flexibility index (Phi) is 2.33. The quantitative estimate of drug-likeness (QED) is 0.618. The van der Waals surface area contributed by atoms with Crippen molar-refractivity contribution >= 4 is 11.4 Å². The highest BCUT2D eigenvalue weighted by molar-refractivity contribution is 5.62. The summed E-state index contributed by atoms with van der Waals surface area (Å²) in [5, 5.41) is 12.5. The maximum atomic E-state index is 9.06. The van der Waals surface area contributed by atoms with Crippen molar-refractivity contribution in [3.63, 3.8) is 0 Å². The molecule has 0 aromatic heterocycles. The third-order valence-electron chi connectivity index (χ3n) is 2.88. The van der Waals surface area contributed by atoms with Crippen LogP contribution in [0.3, 0.4) is 0 Å². The second-order valence-electron chi connectivity index (χ2n) is 4.03. The fourth-order valence-corrected chi connectivity index (χ4v) is 1.88. The van der Waals surface area contributed by atoms with Crippen molar-refractivity contribution in [2.24, 2.45) is 5.92 Å². The summed E-state index contributed by atoms with van der Waals surface area (Å²) in [6.07, 6.45) is 0.960. The number of aliphatic hydroxyl groups excluding tert-OH is 1. The van der Waals surface area contributed by atoms with Crippen LogP contribution in [0.2, 0.25) is 0 Å². The lowest BCUT2D eigenvalue weighted by molar-refractivity contribution is 0.223. The maximum absolute atomic E-state index is 9.06. The number of benzene rings is 1. The zero-order valence-electron chi connectivity index (χ0n) is 8.33. The molecule has 0 radical (unpaired) electrons. The average molecular weight is 192 g/mol. The molecule has 0 amide bonds. The third-order valence-corrected chi connectivity index (χ3v) is 2.88. The van der Waals surface area contributed by atoms with Crippen molar-refractivity contribution in [2.45, 2.75) is 19.4 Å². The fraction of sp³-hybridized carbons (Fsp3) is 0.455. The molecule has 1 aliphatic rings. The Bertz CT molecular complexity index is 338. The molecule has 1 aliphatic heterocycles. The SMILES string of the molecule is CC(CO)C1Cc2cc(N)ccc2N1. The van der Waals surface area contributed by atoms with Crippen molar-refractivity contribution in [3.8, 4) is 0 Å². The number of nitrogen functional groups attached to an aromatic ring is 1. The molecule has 3 nitrogen and oxygen atoms in total. The van der Waals surface area contributed by atoms with Crippen molar-refractivity contribution in [2.75, 3.05) is 17.7 Å². The lowest BCUT2D eigenvalue weighted by Gasteiger charge is -2.17. The van der Waals surface area contributed by atoms with Crippen molar-refractivity contribution < 1.29 is 5.11 Å². The summed E-state index contributed by atoms with van der Waals surface area (Å²) in [7, 11) is 0. The third kappa shape index (κ3) is 1.55. The smallest absolute Gasteiger partial charge is 0.0476 e. The first-order chi connectivity index (χ1) is 6.70. The van der Waals surface area contributed by atoms with Crippen LogP contribution in [0.25, 0.3) is 0 Å². The molecule has 3 heteroatoms. The summed E-state index contributed by atoms with van der Waals surface area (Å²) < 4.78 is 0. The topological polar surface area (TPSA) is 58.3 Å². The lowest BCUT2D eigenvalue weighted by Crippen LogP contribution is -2.26. The molecule has 0 saturated carbocycles. The summed E-state index contributed by atoms with van der Waals surface area (Å²) in [6, 6.07) is 6.26. The van der Waals surface area contributed by atoms with E-state index >= 15 is 0 Å². The standard InChI is InChI=1S/C11H16N2O/c1-7(6-14)11-5-8-4-9(12)2-3-10(8)13-11/h2-4,7,11,13-14H,5-6,12H2,1H3. The number of aliphatic hydroxyl groups is 1. The van der Waals surface area contributed by atoms with E-state index in [1.165, 1.54) is 5.56 Å². The zero-order valence-corrected chi connectivity index (χ0v) is 8.33. The molecule has 0 fully saturated rings. The van der Waals surface area contributed by atoms with Gasteiger partial charge in [-0.3, -0.25) is 0 Å². The number of nitrogens with two attached hydrogens (primary N) is 1. The molecule has 2 atom stereocenters. The van der Waals surface area contributed by atoms with Crippen molar-refractivity contribution in [1.29, 1.82) is 0 Å². The normalized spacial score (nSPS) is 21.4. The van der Waals surface area contributed by atoms with Crippen LogP contribution < -0.4 is 11.1 Å². The number of fused-ring (bicyclic) bond motifs is 1. The van der Waals surface area contributed by atoms with Crippen LogP contribution >= 0.6 is 0 Å². The first-order valence-electron chi connectivity index (χ1n) is 4.96. The maximum Gasteiger partial charge on any atom is 0.0476 e. The Morgan fingerprint density at radius 2 is 2.43 bits per heavy atom. The summed E-state index contributed by atoms with van der Waals surface area (Å²) in [5.74, 6) is 0.281. The van der Waals surface area contributed by atoms with E-state index in [0.717, 1.165) is 17.8 Å². The molecule has 14 heavy (non-hydrogen) atoms. The van der Waals surface area contributed by atoms with Gasteiger partial charge < -0.3 is 16.2 Å². The second-order valence-corrected chi connectivity index (χ2v) is 4.03. The molecule has 0 saturated heterocycles. The van der Waals surface area contributed by atoms with Crippen LogP contribution in [0.5, 0.6) is 0 Å². The minimum Gasteiger partial charge on any atom is -0.399 e. The summed E-state index contributed by atoms with van der Waals surface area (Å²) >= 11 is 0. The fourth-order valence-electron chi connectivity index (χ4n) is 1.88. The van der Waals surface area contributed by atoms with Gasteiger partial charge in [0.15, 0.2) is 0 Å². The predicted molar refractivity (Wildman–Crippen MR) is 58.2 cm³/mol. The van der Waals surface area contributed by atoms with Gasteiger partial charge in [-0.25, -0.2) is 0 Å². The Balaban J connectivity index is 2.17. The molecule has 0 spiro atoms. The van der Waals surface area contributed by atoms with Gasteiger partial charge in [-0.05, 0) is 36.1 Å². The van der Waals surface area contributed by atoms with Crippen LogP contribution in [0.1, 0.15) is 12.5 Å². The van der Waals surface area contributed by atoms with Gasteiger partial charge in [0.25, 0.3) is 0 Å². The highest BCUT2D eigenvalue weighted by Crippen LogP contribution is 2.30. The van der Waals surface area contributed by atoms with E-state index in [2.05, 4.69) is 5.32 Å². The Morgan fingerprint density at radius 1 is 1.64 bits per heavy atom. The zero-order chi connectivity index (χ0) is 10.1. The predicted octanol–water partition coefficient (Wildman–Crippen LogP) is 1.23. The first-order valence-corrected chi connectivity index (χ1v) is 4.96. The molecule has 0 aliphatic carbocycles. The molecule has 2 unspecified atom stereocenters. The van der Waals surface area contributed by atoms with Gasteiger partial charge in [-0.2, -0.15) is 0 Å². The van der Waals surface area contributed by atoms with E-state index in [-0.39, 0.29) is 12.5 Å². The second kappa shape index (κ2) is 3.50. The molecule has 1 aromatic carbocycles. The summed E-state index contributed by atoms with van der Waals surface area (Å²) in [6.45, 7) is 2.27. The van der Waals surface area contributed by atoms with Crippen LogP contribution in [-0.2, 0) is 6.42 Å². The van der Waals surface area contributed by atoms with Crippen LogP contribution in [0, 0.1) is 5.92 Å². The molecule has 76 valence electrons. The van der Waals surface area contributed by atoms with Gasteiger partial charge >= 0.3 is 0 Å². The molecular formula is C11H16N2O. The Morgan fingerprint density at radius 3 is 3.14 bits per heavy atom. The number of nitrogens with one attached hydrogen (secondary N) is 1. The largest absolute Gasteiger partial charge is 0.399 e. The monoisotopic (exact) mass is 192 g/mol. The van der Waals surface area contributed by atoms with Gasteiger partial charge in [0.05, 0.1) is 0 Å². The van der Waals surface area contributed by atoms with E-state index < -0.39 is 0 Å². The molecule has 0 bridgehead atoms. The minimum absolute atomic E-state index is 0.223. The van der Waals surface area contributed by atoms with Crippen molar-refractivity contribution in [1.82, 2.24) is 0 Å². The lowest BCUT2D eigenvalue weighted by atomic mass is 9.99. The van der Waals surface area contributed by atoms with Crippen LogP contribution in [-0.4, -0.2) is 17.8 Å².